The van der Waals surface area contributed by atoms with E-state index >= 15 is 0 Å². The molecule has 4 heterocycles. The van der Waals surface area contributed by atoms with Gasteiger partial charge < -0.3 is 4.57 Å². The lowest BCUT2D eigenvalue weighted by Crippen LogP contribution is -2.07. The van der Waals surface area contributed by atoms with Crippen LogP contribution in [-0.4, -0.2) is 23.7 Å². The van der Waals surface area contributed by atoms with Crippen molar-refractivity contribution in [2.45, 2.75) is 0 Å². The average molecular weight is 660 g/mol. The summed E-state index contributed by atoms with van der Waals surface area (Å²) in [5.41, 5.74) is 4.17. The molecule has 0 unspecified atom stereocenters. The van der Waals surface area contributed by atoms with Gasteiger partial charge in [-0.15, -0.1) is 0 Å². The molecule has 11 rings (SSSR count). The number of hydrogen-bond donors (Lipinski definition) is 0. The number of nitrogens with zero attached hydrogens (tertiary/aromatic N) is 5. The second-order valence-electron chi connectivity index (χ2n) is 12.4. The molecule has 0 aliphatic rings. The first-order valence-corrected chi connectivity index (χ1v) is 16.6. The van der Waals surface area contributed by atoms with Gasteiger partial charge in [0.2, 0.25) is 0 Å². The average Bonchev–Trinajstić information content (AvgIpc) is 3.91. The zero-order valence-electron chi connectivity index (χ0n) is 34.9. The quantitative estimate of drug-likeness (QED) is 0.189. The fourth-order valence-electron chi connectivity index (χ4n) is 7.64. The molecule has 0 spiro atoms. The Bertz CT molecular complexity index is 3520. The SMILES string of the molecule is [2H]c1c([2H])c([2H])c(-n2c3ccccc3c3ccccc32)c(-c2nc(-n3c4ccccc4c4ccccc43)cc(-n3c4ccccc4c4c([2H])c([2H])c([2H])c([2H])c43)n2)c1[2H]. The summed E-state index contributed by atoms with van der Waals surface area (Å²) >= 11 is 0. The van der Waals surface area contributed by atoms with Gasteiger partial charge in [0.15, 0.2) is 5.82 Å². The number of rotatable bonds is 4. The largest absolute Gasteiger partial charge is 0.309 e. The van der Waals surface area contributed by atoms with Gasteiger partial charge in [-0.05, 0) is 48.5 Å². The Labute approximate surface area is 304 Å². The summed E-state index contributed by atoms with van der Waals surface area (Å²) < 4.78 is 78.0. The Morgan fingerprint density at radius 3 is 1.29 bits per heavy atom. The summed E-state index contributed by atoms with van der Waals surface area (Å²) in [4.78, 5) is 10.4. The van der Waals surface area contributed by atoms with E-state index in [1.54, 1.807) is 10.6 Å². The van der Waals surface area contributed by atoms with Crippen LogP contribution in [0.3, 0.4) is 0 Å². The molecular formula is C46H29N5. The minimum atomic E-state index is -0.451. The third-order valence-corrected chi connectivity index (χ3v) is 9.74. The molecular weight excluding hydrogens is 623 g/mol. The van der Waals surface area contributed by atoms with Crippen molar-refractivity contribution in [3.63, 3.8) is 0 Å². The standard InChI is InChI=1S/C46H29N5/c1-8-22-37-30(15-1)31-16-2-9-23-38(31)49(37)43-28-14-7-21-36(43)46-47-44(50-39-24-10-3-17-32(39)33-18-4-11-25-40(33)50)29-45(48-46)51-41-26-12-5-19-34(41)35-20-6-13-27-42(35)51/h1-29H/i3D,7D,10D,14D,17D,21D,24D,28D. The normalized spacial score (nSPS) is 14.1. The van der Waals surface area contributed by atoms with Crippen LogP contribution in [0.15, 0.2) is 176 Å². The van der Waals surface area contributed by atoms with E-state index in [4.69, 9.17) is 16.8 Å². The van der Waals surface area contributed by atoms with Gasteiger partial charge in [0, 0.05) is 43.9 Å². The van der Waals surface area contributed by atoms with E-state index in [9.17, 15) is 4.11 Å². The fourth-order valence-corrected chi connectivity index (χ4v) is 7.64. The van der Waals surface area contributed by atoms with E-state index in [1.807, 2.05) is 130 Å². The van der Waals surface area contributed by atoms with Crippen LogP contribution in [0.2, 0.25) is 0 Å². The van der Waals surface area contributed by atoms with Gasteiger partial charge in [0.1, 0.15) is 11.6 Å². The highest BCUT2D eigenvalue weighted by atomic mass is 15.1. The van der Waals surface area contributed by atoms with Crippen molar-refractivity contribution in [3.05, 3.63) is 176 Å². The lowest BCUT2D eigenvalue weighted by molar-refractivity contribution is 0.991. The van der Waals surface area contributed by atoms with Gasteiger partial charge in [-0.1, -0.05) is 121 Å². The highest BCUT2D eigenvalue weighted by molar-refractivity contribution is 6.11. The minimum absolute atomic E-state index is 0.00464. The van der Waals surface area contributed by atoms with Crippen molar-refractivity contribution >= 4 is 65.4 Å². The van der Waals surface area contributed by atoms with Crippen LogP contribution in [-0.2, 0) is 0 Å². The summed E-state index contributed by atoms with van der Waals surface area (Å²) in [5, 5.41) is 4.69. The van der Waals surface area contributed by atoms with Crippen molar-refractivity contribution < 1.29 is 11.0 Å². The number of para-hydroxylation sites is 7. The molecule has 5 heteroatoms. The molecule has 0 bridgehead atoms. The Balaban J connectivity index is 1.35. The van der Waals surface area contributed by atoms with Crippen LogP contribution < -0.4 is 0 Å². The van der Waals surface area contributed by atoms with Gasteiger partial charge in [0.25, 0.3) is 0 Å². The Kier molecular flexibility index (Phi) is 4.47. The first kappa shape index (κ1) is 21.2. The van der Waals surface area contributed by atoms with Gasteiger partial charge in [-0.25, -0.2) is 9.97 Å². The molecule has 5 nitrogen and oxygen atoms in total. The molecule has 0 saturated carbocycles. The number of aromatic nitrogens is 5. The van der Waals surface area contributed by atoms with Gasteiger partial charge in [-0.2, -0.15) is 0 Å². The molecule has 11 aromatic rings. The maximum Gasteiger partial charge on any atom is 0.166 e. The second-order valence-corrected chi connectivity index (χ2v) is 12.4. The molecule has 238 valence electrons. The van der Waals surface area contributed by atoms with Gasteiger partial charge >= 0.3 is 0 Å². The molecule has 0 saturated heterocycles. The molecule has 0 atom stereocenters. The van der Waals surface area contributed by atoms with Crippen LogP contribution in [0.1, 0.15) is 11.0 Å². The van der Waals surface area contributed by atoms with E-state index in [-0.39, 0.29) is 58.6 Å². The van der Waals surface area contributed by atoms with E-state index in [0.29, 0.717) is 22.1 Å². The van der Waals surface area contributed by atoms with Crippen molar-refractivity contribution in [2.24, 2.45) is 0 Å². The van der Waals surface area contributed by atoms with Crippen LogP contribution in [0.25, 0.3) is 94.1 Å². The Morgan fingerprint density at radius 1 is 0.373 bits per heavy atom. The van der Waals surface area contributed by atoms with Crippen LogP contribution >= 0.6 is 0 Å². The smallest absolute Gasteiger partial charge is 0.166 e. The lowest BCUT2D eigenvalue weighted by Gasteiger charge is -2.16. The topological polar surface area (TPSA) is 40.6 Å². The maximum absolute atomic E-state index is 9.56. The Hall–Kier alpha value is -6.98. The Morgan fingerprint density at radius 2 is 0.765 bits per heavy atom. The van der Waals surface area contributed by atoms with E-state index in [1.165, 1.54) is 0 Å². The third kappa shape index (κ3) is 4.03. The summed E-state index contributed by atoms with van der Waals surface area (Å²) in [6, 6.07) is 37.8. The molecule has 0 fully saturated rings. The molecule has 0 amide bonds. The first-order valence-electron chi connectivity index (χ1n) is 20.6. The predicted octanol–water partition coefficient (Wildman–Crippen LogP) is 11.4. The summed E-state index contributed by atoms with van der Waals surface area (Å²) in [6.07, 6.45) is 0. The highest BCUT2D eigenvalue weighted by Crippen LogP contribution is 2.38. The van der Waals surface area contributed by atoms with E-state index in [0.717, 1.165) is 43.6 Å². The predicted molar refractivity (Wildman–Crippen MR) is 210 cm³/mol. The van der Waals surface area contributed by atoms with Crippen molar-refractivity contribution in [1.82, 2.24) is 23.7 Å². The summed E-state index contributed by atoms with van der Waals surface area (Å²) in [5.74, 6) is 0.619. The van der Waals surface area contributed by atoms with Crippen molar-refractivity contribution in [1.29, 1.82) is 0 Å². The molecule has 0 radical (unpaired) electrons. The zero-order chi connectivity index (χ0) is 40.4. The highest BCUT2D eigenvalue weighted by Gasteiger charge is 2.21. The molecule has 0 N–H and O–H groups in total. The molecule has 7 aromatic carbocycles. The first-order chi connectivity index (χ1) is 28.7. The summed E-state index contributed by atoms with van der Waals surface area (Å²) in [6.45, 7) is 0. The number of fused-ring (bicyclic) bond motifs is 9. The third-order valence-electron chi connectivity index (χ3n) is 9.74. The molecule has 0 aliphatic carbocycles. The minimum Gasteiger partial charge on any atom is -0.309 e. The van der Waals surface area contributed by atoms with Gasteiger partial charge in [0.05, 0.1) is 49.8 Å². The van der Waals surface area contributed by atoms with Crippen LogP contribution in [0.4, 0.5) is 0 Å². The van der Waals surface area contributed by atoms with E-state index in [2.05, 4.69) is 0 Å². The number of benzene rings is 7. The molecule has 0 aliphatic heterocycles. The summed E-state index contributed by atoms with van der Waals surface area (Å²) in [7, 11) is 0. The van der Waals surface area contributed by atoms with Crippen molar-refractivity contribution in [3.8, 4) is 28.7 Å². The zero-order valence-corrected chi connectivity index (χ0v) is 26.9. The van der Waals surface area contributed by atoms with Crippen LogP contribution in [0, 0.1) is 0 Å². The maximum atomic E-state index is 9.56. The monoisotopic (exact) mass is 659 g/mol. The van der Waals surface area contributed by atoms with Crippen molar-refractivity contribution in [2.75, 3.05) is 0 Å². The fraction of sp³-hybridized carbons (Fsp3) is 0. The molecule has 4 aromatic heterocycles. The van der Waals surface area contributed by atoms with E-state index < -0.39 is 18.1 Å². The van der Waals surface area contributed by atoms with Gasteiger partial charge in [-0.3, -0.25) is 9.13 Å². The number of hydrogen-bond acceptors (Lipinski definition) is 2. The van der Waals surface area contributed by atoms with Crippen LogP contribution in [0.5, 0.6) is 0 Å². The second kappa shape index (κ2) is 10.8. The lowest BCUT2D eigenvalue weighted by atomic mass is 10.1. The molecule has 51 heavy (non-hydrogen) atoms.